The van der Waals surface area contributed by atoms with Crippen LogP contribution in [-0.4, -0.2) is 36.6 Å². The minimum Gasteiger partial charge on any atom is -0.310 e. The van der Waals surface area contributed by atoms with Crippen molar-refractivity contribution in [1.82, 2.24) is 10.2 Å². The second-order valence-corrected chi connectivity index (χ2v) is 8.05. The lowest BCUT2D eigenvalue weighted by Gasteiger charge is -2.41. The van der Waals surface area contributed by atoms with Crippen LogP contribution in [0.4, 0.5) is 0 Å². The maximum absolute atomic E-state index is 4.03. The zero-order valence-electron chi connectivity index (χ0n) is 14.7. The average molecular weight is 295 g/mol. The Hall–Kier alpha value is -0.0800. The maximum atomic E-state index is 4.03. The summed E-state index contributed by atoms with van der Waals surface area (Å²) in [5.74, 6) is 1.73. The fourth-order valence-corrected chi connectivity index (χ4v) is 4.39. The van der Waals surface area contributed by atoms with Crippen molar-refractivity contribution >= 4 is 0 Å². The summed E-state index contributed by atoms with van der Waals surface area (Å²) >= 11 is 0. The molecule has 2 heteroatoms. The van der Waals surface area contributed by atoms with Crippen LogP contribution in [-0.2, 0) is 0 Å². The van der Waals surface area contributed by atoms with E-state index in [1.807, 2.05) is 0 Å². The van der Waals surface area contributed by atoms with E-state index in [1.54, 1.807) is 0 Å². The third-order valence-corrected chi connectivity index (χ3v) is 5.28. The molecule has 0 spiro atoms. The van der Waals surface area contributed by atoms with E-state index in [4.69, 9.17) is 0 Å². The van der Waals surface area contributed by atoms with E-state index in [9.17, 15) is 0 Å². The molecule has 2 aliphatic rings. The maximum Gasteiger partial charge on any atom is 0.0200 e. The first-order valence-corrected chi connectivity index (χ1v) is 9.65. The van der Waals surface area contributed by atoms with E-state index in [2.05, 4.69) is 31.0 Å². The van der Waals surface area contributed by atoms with Gasteiger partial charge in [-0.1, -0.05) is 52.9 Å². The molecule has 1 aliphatic heterocycles. The van der Waals surface area contributed by atoms with Crippen LogP contribution in [0.1, 0.15) is 78.6 Å². The zero-order chi connectivity index (χ0) is 15.1. The molecule has 1 N–H and O–H groups in total. The topological polar surface area (TPSA) is 15.3 Å². The molecule has 1 saturated carbocycles. The minimum atomic E-state index is 0.752. The molecule has 124 valence electrons. The smallest absolute Gasteiger partial charge is 0.0200 e. The van der Waals surface area contributed by atoms with Crippen LogP contribution in [0.3, 0.4) is 0 Å². The van der Waals surface area contributed by atoms with Crippen molar-refractivity contribution in [2.24, 2.45) is 11.8 Å². The van der Waals surface area contributed by atoms with Gasteiger partial charge in [-0.3, -0.25) is 0 Å². The Bertz CT molecular complexity index is 271. The van der Waals surface area contributed by atoms with Gasteiger partial charge in [0.2, 0.25) is 0 Å². The third kappa shape index (κ3) is 6.28. The Morgan fingerprint density at radius 2 is 1.81 bits per heavy atom. The SMILES string of the molecule is CCCCC1CC(NC2CCCCC2)CN(CC(C)C)C1. The molecule has 0 aromatic heterocycles. The van der Waals surface area contributed by atoms with E-state index in [0.717, 1.165) is 23.9 Å². The van der Waals surface area contributed by atoms with Crippen molar-refractivity contribution < 1.29 is 0 Å². The molecule has 0 bridgehead atoms. The van der Waals surface area contributed by atoms with Gasteiger partial charge in [-0.15, -0.1) is 0 Å². The predicted molar refractivity (Wildman–Crippen MR) is 92.7 cm³/mol. The number of hydrogen-bond acceptors (Lipinski definition) is 2. The number of nitrogens with zero attached hydrogens (tertiary/aromatic N) is 1. The summed E-state index contributed by atoms with van der Waals surface area (Å²) in [7, 11) is 0. The highest BCUT2D eigenvalue weighted by atomic mass is 15.2. The minimum absolute atomic E-state index is 0.752. The average Bonchev–Trinajstić information content (AvgIpc) is 2.45. The summed E-state index contributed by atoms with van der Waals surface area (Å²) in [6, 6.07) is 1.57. The molecule has 2 fully saturated rings. The van der Waals surface area contributed by atoms with Gasteiger partial charge in [0, 0.05) is 31.7 Å². The van der Waals surface area contributed by atoms with E-state index in [0.29, 0.717) is 0 Å². The van der Waals surface area contributed by atoms with Crippen molar-refractivity contribution in [3.8, 4) is 0 Å². The molecule has 2 unspecified atom stereocenters. The molecule has 0 aromatic rings. The first kappa shape index (κ1) is 17.3. The molecule has 2 rings (SSSR count). The monoisotopic (exact) mass is 294 g/mol. The summed E-state index contributed by atoms with van der Waals surface area (Å²) in [6.07, 6.45) is 12.8. The number of nitrogens with one attached hydrogen (secondary N) is 1. The van der Waals surface area contributed by atoms with Gasteiger partial charge in [-0.25, -0.2) is 0 Å². The van der Waals surface area contributed by atoms with Crippen molar-refractivity contribution in [3.05, 3.63) is 0 Å². The van der Waals surface area contributed by atoms with Crippen LogP contribution >= 0.6 is 0 Å². The van der Waals surface area contributed by atoms with E-state index < -0.39 is 0 Å². The van der Waals surface area contributed by atoms with Crippen LogP contribution in [0.5, 0.6) is 0 Å². The van der Waals surface area contributed by atoms with E-state index >= 15 is 0 Å². The van der Waals surface area contributed by atoms with E-state index in [1.165, 1.54) is 77.4 Å². The number of piperidine rings is 1. The van der Waals surface area contributed by atoms with Gasteiger partial charge in [0.25, 0.3) is 0 Å². The Morgan fingerprint density at radius 3 is 2.48 bits per heavy atom. The molecule has 1 aliphatic carbocycles. The summed E-state index contributed by atoms with van der Waals surface area (Å²) in [5, 5.41) is 4.03. The van der Waals surface area contributed by atoms with Crippen LogP contribution < -0.4 is 5.32 Å². The van der Waals surface area contributed by atoms with Gasteiger partial charge >= 0.3 is 0 Å². The first-order chi connectivity index (χ1) is 10.2. The predicted octanol–water partition coefficient (Wildman–Crippen LogP) is 4.45. The molecule has 0 radical (unpaired) electrons. The normalized spacial score (nSPS) is 29.1. The lowest BCUT2D eigenvalue weighted by Crippen LogP contribution is -2.52. The molecule has 2 nitrogen and oxygen atoms in total. The summed E-state index contributed by atoms with van der Waals surface area (Å²) in [5.41, 5.74) is 0. The fraction of sp³-hybridized carbons (Fsp3) is 1.00. The fourth-order valence-electron chi connectivity index (χ4n) is 4.39. The van der Waals surface area contributed by atoms with Crippen molar-refractivity contribution in [3.63, 3.8) is 0 Å². The molecular formula is C19H38N2. The van der Waals surface area contributed by atoms with Crippen LogP contribution in [0.25, 0.3) is 0 Å². The number of rotatable bonds is 7. The summed E-state index contributed by atoms with van der Waals surface area (Å²) < 4.78 is 0. The van der Waals surface area contributed by atoms with Crippen LogP contribution in [0, 0.1) is 11.8 Å². The number of likely N-dealkylation sites (tertiary alicyclic amines) is 1. The van der Waals surface area contributed by atoms with Crippen molar-refractivity contribution in [1.29, 1.82) is 0 Å². The molecule has 1 saturated heterocycles. The molecule has 1 heterocycles. The van der Waals surface area contributed by atoms with Gasteiger partial charge in [0.15, 0.2) is 0 Å². The Morgan fingerprint density at radius 1 is 1.05 bits per heavy atom. The Labute approximate surface area is 133 Å². The summed E-state index contributed by atoms with van der Waals surface area (Å²) in [6.45, 7) is 11.0. The molecule has 2 atom stereocenters. The summed E-state index contributed by atoms with van der Waals surface area (Å²) in [4.78, 5) is 2.75. The second kappa shape index (κ2) is 9.15. The standard InChI is InChI=1S/C19H38N2/c1-4-5-9-17-12-19(15-21(14-17)13-16(2)3)20-18-10-7-6-8-11-18/h16-20H,4-15H2,1-3H3. The lowest BCUT2D eigenvalue weighted by molar-refractivity contribution is 0.114. The molecule has 21 heavy (non-hydrogen) atoms. The van der Waals surface area contributed by atoms with Gasteiger partial charge in [0.1, 0.15) is 0 Å². The van der Waals surface area contributed by atoms with Crippen molar-refractivity contribution in [2.45, 2.75) is 90.6 Å². The molecule has 0 aromatic carbocycles. The Balaban J connectivity index is 1.84. The Kier molecular flexibility index (Phi) is 7.53. The van der Waals surface area contributed by atoms with E-state index in [-0.39, 0.29) is 0 Å². The molecule has 0 amide bonds. The largest absolute Gasteiger partial charge is 0.310 e. The van der Waals surface area contributed by atoms with Crippen LogP contribution in [0.15, 0.2) is 0 Å². The molecular weight excluding hydrogens is 256 g/mol. The van der Waals surface area contributed by atoms with Gasteiger partial charge in [-0.2, -0.15) is 0 Å². The van der Waals surface area contributed by atoms with Crippen molar-refractivity contribution in [2.75, 3.05) is 19.6 Å². The highest BCUT2D eigenvalue weighted by Gasteiger charge is 2.28. The lowest BCUT2D eigenvalue weighted by atomic mass is 9.87. The van der Waals surface area contributed by atoms with Gasteiger partial charge in [0.05, 0.1) is 0 Å². The van der Waals surface area contributed by atoms with Gasteiger partial charge in [-0.05, 0) is 37.5 Å². The highest BCUT2D eigenvalue weighted by Crippen LogP contribution is 2.25. The zero-order valence-corrected chi connectivity index (χ0v) is 14.7. The van der Waals surface area contributed by atoms with Crippen LogP contribution in [0.2, 0.25) is 0 Å². The third-order valence-electron chi connectivity index (χ3n) is 5.28. The quantitative estimate of drug-likeness (QED) is 0.746. The van der Waals surface area contributed by atoms with Gasteiger partial charge < -0.3 is 10.2 Å². The first-order valence-electron chi connectivity index (χ1n) is 9.65. The number of unbranched alkanes of at least 4 members (excludes halogenated alkanes) is 1. The highest BCUT2D eigenvalue weighted by molar-refractivity contribution is 4.87. The number of hydrogen-bond donors (Lipinski definition) is 1. The second-order valence-electron chi connectivity index (χ2n) is 8.05.